The van der Waals surface area contributed by atoms with Crippen LogP contribution < -0.4 is 5.32 Å². The summed E-state index contributed by atoms with van der Waals surface area (Å²) < 4.78 is 13.8. The van der Waals surface area contributed by atoms with Gasteiger partial charge in [0.25, 0.3) is 5.91 Å². The molecule has 1 aromatic rings. The third-order valence-corrected chi connectivity index (χ3v) is 3.47. The fourth-order valence-corrected chi connectivity index (χ4v) is 2.47. The number of hydrogen-bond acceptors (Lipinski definition) is 3. The maximum Gasteiger partial charge on any atom is 0.257 e. The lowest BCUT2D eigenvalue weighted by Gasteiger charge is -2.36. The van der Waals surface area contributed by atoms with Crippen molar-refractivity contribution < 1.29 is 19.1 Å². The molecule has 1 aromatic carbocycles. The van der Waals surface area contributed by atoms with Crippen molar-refractivity contribution in [2.75, 3.05) is 13.1 Å². The van der Waals surface area contributed by atoms with Crippen LogP contribution in [0.3, 0.4) is 0 Å². The van der Waals surface area contributed by atoms with Gasteiger partial charge < -0.3 is 15.3 Å². The molecule has 114 valence electrons. The molecule has 1 aliphatic rings. The van der Waals surface area contributed by atoms with Gasteiger partial charge in [0.05, 0.1) is 5.56 Å². The van der Waals surface area contributed by atoms with Gasteiger partial charge in [0.15, 0.2) is 0 Å². The van der Waals surface area contributed by atoms with Gasteiger partial charge in [-0.15, -0.1) is 0 Å². The number of benzene rings is 1. The SMILES string of the molecule is CC(C)C[C@H]1C(=O)NCCN1C(=O)c1ccc(O)cc1F. The zero-order valence-electron chi connectivity index (χ0n) is 12.1. The molecule has 1 saturated heterocycles. The molecule has 1 heterocycles. The number of rotatable bonds is 3. The predicted molar refractivity (Wildman–Crippen MR) is 75.4 cm³/mol. The Morgan fingerprint density at radius 2 is 2.24 bits per heavy atom. The topological polar surface area (TPSA) is 69.6 Å². The van der Waals surface area contributed by atoms with Crippen molar-refractivity contribution in [1.82, 2.24) is 10.2 Å². The number of carbonyl (C=O) groups is 2. The first kappa shape index (κ1) is 15.3. The second-order valence-corrected chi connectivity index (χ2v) is 5.60. The van der Waals surface area contributed by atoms with E-state index in [1.54, 1.807) is 0 Å². The summed E-state index contributed by atoms with van der Waals surface area (Å²) in [4.78, 5) is 25.9. The molecule has 0 aliphatic carbocycles. The Balaban J connectivity index is 2.28. The molecule has 5 nitrogen and oxygen atoms in total. The fourth-order valence-electron chi connectivity index (χ4n) is 2.47. The highest BCUT2D eigenvalue weighted by Gasteiger charge is 2.34. The summed E-state index contributed by atoms with van der Waals surface area (Å²) in [5.74, 6) is -1.51. The average Bonchev–Trinajstić information content (AvgIpc) is 2.40. The first-order chi connectivity index (χ1) is 9.90. The Morgan fingerprint density at radius 1 is 1.52 bits per heavy atom. The largest absolute Gasteiger partial charge is 0.508 e. The molecule has 0 aromatic heterocycles. The van der Waals surface area contributed by atoms with Crippen molar-refractivity contribution in [2.24, 2.45) is 5.92 Å². The molecule has 1 atom stereocenters. The number of aromatic hydroxyl groups is 1. The molecule has 2 rings (SSSR count). The van der Waals surface area contributed by atoms with Crippen molar-refractivity contribution in [1.29, 1.82) is 0 Å². The molecule has 0 bridgehead atoms. The van der Waals surface area contributed by atoms with E-state index in [1.807, 2.05) is 13.8 Å². The van der Waals surface area contributed by atoms with Crippen molar-refractivity contribution in [3.8, 4) is 5.75 Å². The number of phenolic OH excluding ortho intramolecular Hbond substituents is 1. The Kier molecular flexibility index (Phi) is 4.45. The van der Waals surface area contributed by atoms with Gasteiger partial charge in [-0.25, -0.2) is 4.39 Å². The lowest BCUT2D eigenvalue weighted by Crippen LogP contribution is -2.57. The number of hydrogen-bond donors (Lipinski definition) is 2. The van der Waals surface area contributed by atoms with E-state index in [1.165, 1.54) is 17.0 Å². The number of carbonyl (C=O) groups excluding carboxylic acids is 2. The summed E-state index contributed by atoms with van der Waals surface area (Å²) in [5, 5.41) is 11.9. The molecular weight excluding hydrogens is 275 g/mol. The minimum absolute atomic E-state index is 0.128. The maximum absolute atomic E-state index is 13.8. The van der Waals surface area contributed by atoms with Crippen LogP contribution in [-0.2, 0) is 4.79 Å². The molecule has 21 heavy (non-hydrogen) atoms. The summed E-state index contributed by atoms with van der Waals surface area (Å²) in [5.41, 5.74) is -0.128. The van der Waals surface area contributed by atoms with Gasteiger partial charge in [-0.1, -0.05) is 13.8 Å². The van der Waals surface area contributed by atoms with Gasteiger partial charge in [0.2, 0.25) is 5.91 Å². The van der Waals surface area contributed by atoms with Gasteiger partial charge in [-0.2, -0.15) is 0 Å². The van der Waals surface area contributed by atoms with Crippen LogP contribution in [0.1, 0.15) is 30.6 Å². The smallest absolute Gasteiger partial charge is 0.257 e. The Bertz CT molecular complexity index is 560. The van der Waals surface area contributed by atoms with Crippen molar-refractivity contribution in [2.45, 2.75) is 26.3 Å². The van der Waals surface area contributed by atoms with E-state index in [0.717, 1.165) is 6.07 Å². The molecule has 1 aliphatic heterocycles. The predicted octanol–water partition coefficient (Wildman–Crippen LogP) is 1.52. The number of nitrogens with one attached hydrogen (secondary N) is 1. The zero-order valence-corrected chi connectivity index (χ0v) is 12.1. The molecule has 2 amide bonds. The van der Waals surface area contributed by atoms with E-state index < -0.39 is 17.8 Å². The number of phenols is 1. The van der Waals surface area contributed by atoms with Crippen molar-refractivity contribution in [3.63, 3.8) is 0 Å². The third kappa shape index (κ3) is 3.32. The number of halogens is 1. The van der Waals surface area contributed by atoms with Crippen LogP contribution in [0.5, 0.6) is 5.75 Å². The van der Waals surface area contributed by atoms with E-state index in [-0.39, 0.29) is 23.1 Å². The maximum atomic E-state index is 13.8. The standard InChI is InChI=1S/C15H19FN2O3/c1-9(2)7-13-14(20)17-5-6-18(13)15(21)11-4-3-10(19)8-12(11)16/h3-4,8-9,13,19H,5-7H2,1-2H3,(H,17,20)/t13-/m0/s1. The summed E-state index contributed by atoms with van der Waals surface area (Å²) in [7, 11) is 0. The van der Waals surface area contributed by atoms with Gasteiger partial charge in [-0.3, -0.25) is 9.59 Å². The number of piperazine rings is 1. The Labute approximate surface area is 122 Å². The first-order valence-corrected chi connectivity index (χ1v) is 6.97. The minimum Gasteiger partial charge on any atom is -0.508 e. The molecule has 0 spiro atoms. The highest BCUT2D eigenvalue weighted by atomic mass is 19.1. The highest BCUT2D eigenvalue weighted by molar-refractivity contribution is 5.98. The van der Waals surface area contributed by atoms with Gasteiger partial charge >= 0.3 is 0 Å². The van der Waals surface area contributed by atoms with Crippen LogP contribution in [0, 0.1) is 11.7 Å². The molecule has 0 unspecified atom stereocenters. The van der Waals surface area contributed by atoms with E-state index in [4.69, 9.17) is 0 Å². The number of nitrogens with zero attached hydrogens (tertiary/aromatic N) is 1. The quantitative estimate of drug-likeness (QED) is 0.888. The lowest BCUT2D eigenvalue weighted by atomic mass is 9.99. The number of amides is 2. The summed E-state index contributed by atoms with van der Waals surface area (Å²) in [6, 6.07) is 2.82. The summed E-state index contributed by atoms with van der Waals surface area (Å²) >= 11 is 0. The highest BCUT2D eigenvalue weighted by Crippen LogP contribution is 2.21. The summed E-state index contributed by atoms with van der Waals surface area (Å²) in [6.45, 7) is 4.64. The van der Waals surface area contributed by atoms with Crippen LogP contribution in [0.4, 0.5) is 4.39 Å². The van der Waals surface area contributed by atoms with Crippen LogP contribution in [-0.4, -0.2) is 41.0 Å². The van der Waals surface area contributed by atoms with E-state index in [0.29, 0.717) is 19.5 Å². The van der Waals surface area contributed by atoms with E-state index in [2.05, 4.69) is 5.32 Å². The van der Waals surface area contributed by atoms with Crippen LogP contribution >= 0.6 is 0 Å². The normalized spacial score (nSPS) is 18.8. The molecule has 1 fully saturated rings. The second-order valence-electron chi connectivity index (χ2n) is 5.60. The van der Waals surface area contributed by atoms with Crippen LogP contribution in [0.15, 0.2) is 18.2 Å². The second kappa shape index (κ2) is 6.11. The molecule has 2 N–H and O–H groups in total. The Morgan fingerprint density at radius 3 is 2.86 bits per heavy atom. The van der Waals surface area contributed by atoms with Crippen LogP contribution in [0.2, 0.25) is 0 Å². The minimum atomic E-state index is -0.783. The van der Waals surface area contributed by atoms with Gasteiger partial charge in [-0.05, 0) is 24.5 Å². The molecule has 0 saturated carbocycles. The van der Waals surface area contributed by atoms with Crippen LogP contribution in [0.25, 0.3) is 0 Å². The van der Waals surface area contributed by atoms with E-state index in [9.17, 15) is 19.1 Å². The Hall–Kier alpha value is -2.11. The average molecular weight is 294 g/mol. The molecule has 6 heteroatoms. The lowest BCUT2D eigenvalue weighted by molar-refractivity contribution is -0.128. The third-order valence-electron chi connectivity index (χ3n) is 3.47. The monoisotopic (exact) mass is 294 g/mol. The first-order valence-electron chi connectivity index (χ1n) is 6.97. The zero-order chi connectivity index (χ0) is 15.6. The van der Waals surface area contributed by atoms with Gasteiger partial charge in [0, 0.05) is 19.2 Å². The van der Waals surface area contributed by atoms with Crippen molar-refractivity contribution in [3.05, 3.63) is 29.6 Å². The fraction of sp³-hybridized carbons (Fsp3) is 0.467. The summed E-state index contributed by atoms with van der Waals surface area (Å²) in [6.07, 6.45) is 0.525. The van der Waals surface area contributed by atoms with Crippen molar-refractivity contribution >= 4 is 11.8 Å². The van der Waals surface area contributed by atoms with E-state index >= 15 is 0 Å². The molecular formula is C15H19FN2O3. The van der Waals surface area contributed by atoms with Gasteiger partial charge in [0.1, 0.15) is 17.6 Å². The molecule has 0 radical (unpaired) electrons.